The molecule has 0 aliphatic rings. The van der Waals surface area contributed by atoms with Crippen LogP contribution in [0.15, 0.2) is 24.3 Å². The van der Waals surface area contributed by atoms with E-state index in [2.05, 4.69) is 29.1 Å². The summed E-state index contributed by atoms with van der Waals surface area (Å²) in [5, 5.41) is 13.9. The van der Waals surface area contributed by atoms with Gasteiger partial charge in [0.1, 0.15) is 5.01 Å². The van der Waals surface area contributed by atoms with Gasteiger partial charge in [0.25, 0.3) is 0 Å². The summed E-state index contributed by atoms with van der Waals surface area (Å²) < 4.78 is 1.77. The Hall–Kier alpha value is -1.95. The zero-order chi connectivity index (χ0) is 12.7. The average molecular weight is 259 g/mol. The number of hydrogen-bond donors (Lipinski definition) is 1. The van der Waals surface area contributed by atoms with E-state index in [1.54, 1.807) is 15.9 Å². The van der Waals surface area contributed by atoms with Crippen molar-refractivity contribution in [2.24, 2.45) is 0 Å². The highest BCUT2D eigenvalue weighted by Crippen LogP contribution is 2.27. The molecule has 2 N–H and O–H groups in total. The molecule has 0 aliphatic heterocycles. The molecule has 18 heavy (non-hydrogen) atoms. The Morgan fingerprint density at radius 1 is 1.22 bits per heavy atom. The van der Waals surface area contributed by atoms with Gasteiger partial charge in [0.15, 0.2) is 5.82 Å². The molecule has 2 heterocycles. The van der Waals surface area contributed by atoms with Crippen LogP contribution in [0.2, 0.25) is 0 Å². The van der Waals surface area contributed by atoms with Gasteiger partial charge in [-0.25, -0.2) is 0 Å². The molecule has 2 aromatic heterocycles. The molecule has 0 saturated heterocycles. The largest absolute Gasteiger partial charge is 0.398 e. The van der Waals surface area contributed by atoms with Gasteiger partial charge in [0.05, 0.1) is 0 Å². The predicted octanol–water partition coefficient (Wildman–Crippen LogP) is 2.56. The van der Waals surface area contributed by atoms with Crippen molar-refractivity contribution < 1.29 is 0 Å². The molecule has 3 rings (SSSR count). The fraction of sp³-hybridized carbons (Fsp3) is 0.250. The van der Waals surface area contributed by atoms with Gasteiger partial charge in [0.2, 0.25) is 4.96 Å². The molecule has 0 fully saturated rings. The van der Waals surface area contributed by atoms with Gasteiger partial charge in [-0.2, -0.15) is 9.61 Å². The lowest BCUT2D eigenvalue weighted by atomic mass is 10.2. The maximum absolute atomic E-state index is 5.96. The van der Waals surface area contributed by atoms with Crippen LogP contribution in [0.25, 0.3) is 16.3 Å². The Kier molecular flexibility index (Phi) is 2.52. The van der Waals surface area contributed by atoms with Crippen molar-refractivity contribution in [1.29, 1.82) is 0 Å². The van der Waals surface area contributed by atoms with Crippen LogP contribution in [-0.2, 0) is 0 Å². The van der Waals surface area contributed by atoms with E-state index in [0.717, 1.165) is 15.5 Å². The summed E-state index contributed by atoms with van der Waals surface area (Å²) in [5.74, 6) is 1.09. The topological polar surface area (TPSA) is 69.1 Å². The molecule has 0 radical (unpaired) electrons. The van der Waals surface area contributed by atoms with Crippen molar-refractivity contribution in [3.8, 4) is 11.4 Å². The first kappa shape index (κ1) is 11.2. The molecule has 0 amide bonds. The Morgan fingerprint density at radius 2 is 2.00 bits per heavy atom. The maximum Gasteiger partial charge on any atom is 0.234 e. The normalized spacial score (nSPS) is 11.5. The van der Waals surface area contributed by atoms with Crippen molar-refractivity contribution in [3.63, 3.8) is 0 Å². The lowest BCUT2D eigenvalue weighted by Crippen LogP contribution is -1.96. The van der Waals surface area contributed by atoms with Crippen LogP contribution in [0.3, 0.4) is 0 Å². The highest BCUT2D eigenvalue weighted by Gasteiger charge is 2.16. The second-order valence-corrected chi connectivity index (χ2v) is 5.39. The second kappa shape index (κ2) is 4.06. The van der Waals surface area contributed by atoms with Crippen molar-refractivity contribution in [1.82, 2.24) is 19.8 Å². The quantitative estimate of drug-likeness (QED) is 0.718. The van der Waals surface area contributed by atoms with Crippen LogP contribution < -0.4 is 5.73 Å². The van der Waals surface area contributed by atoms with Crippen LogP contribution >= 0.6 is 11.3 Å². The average Bonchev–Trinajstić information content (AvgIpc) is 2.89. The summed E-state index contributed by atoms with van der Waals surface area (Å²) in [6, 6.07) is 7.62. The van der Waals surface area contributed by atoms with Crippen LogP contribution in [0, 0.1) is 0 Å². The highest BCUT2D eigenvalue weighted by atomic mass is 32.1. The third kappa shape index (κ3) is 1.65. The zero-order valence-corrected chi connectivity index (χ0v) is 11.0. The fourth-order valence-electron chi connectivity index (χ4n) is 1.73. The number of hydrogen-bond acceptors (Lipinski definition) is 5. The van der Waals surface area contributed by atoms with Gasteiger partial charge in [-0.05, 0) is 12.1 Å². The fourth-order valence-corrected chi connectivity index (χ4v) is 2.57. The smallest absolute Gasteiger partial charge is 0.234 e. The van der Waals surface area contributed by atoms with Crippen molar-refractivity contribution >= 4 is 22.0 Å². The molecule has 3 aromatic rings. The molecule has 1 aromatic carbocycles. The zero-order valence-electron chi connectivity index (χ0n) is 10.2. The molecule has 0 bridgehead atoms. The lowest BCUT2D eigenvalue weighted by Gasteiger charge is -2.01. The first-order valence-corrected chi connectivity index (χ1v) is 6.55. The highest BCUT2D eigenvalue weighted by molar-refractivity contribution is 7.16. The maximum atomic E-state index is 5.96. The Morgan fingerprint density at radius 3 is 2.72 bits per heavy atom. The van der Waals surface area contributed by atoms with E-state index in [4.69, 9.17) is 5.73 Å². The minimum absolute atomic E-state index is 0.387. The summed E-state index contributed by atoms with van der Waals surface area (Å²) in [4.78, 5) is 0.803. The van der Waals surface area contributed by atoms with E-state index in [1.807, 2.05) is 24.3 Å². The lowest BCUT2D eigenvalue weighted by molar-refractivity contribution is 0.802. The van der Waals surface area contributed by atoms with E-state index in [9.17, 15) is 0 Å². The number of para-hydroxylation sites is 1. The molecule has 5 nitrogen and oxygen atoms in total. The summed E-state index contributed by atoms with van der Waals surface area (Å²) >= 11 is 1.56. The van der Waals surface area contributed by atoms with E-state index >= 15 is 0 Å². The van der Waals surface area contributed by atoms with Gasteiger partial charge in [-0.15, -0.1) is 10.2 Å². The third-order valence-electron chi connectivity index (χ3n) is 2.70. The van der Waals surface area contributed by atoms with Crippen LogP contribution in [0.4, 0.5) is 5.69 Å². The molecule has 0 aliphatic carbocycles. The van der Waals surface area contributed by atoms with Gasteiger partial charge in [0, 0.05) is 17.2 Å². The Balaban J connectivity index is 2.21. The standard InChI is InChI=1S/C12H13N5S/c1-7(2)11-16-17-10(14-15-12(17)18-11)8-5-3-4-6-9(8)13/h3-7H,13H2,1-2H3. The number of nitrogens with two attached hydrogens (primary N) is 1. The number of anilines is 1. The molecule has 0 spiro atoms. The number of benzene rings is 1. The van der Waals surface area contributed by atoms with Crippen LogP contribution in [0.1, 0.15) is 24.8 Å². The number of nitrogens with zero attached hydrogens (tertiary/aromatic N) is 4. The Labute approximate surface area is 108 Å². The van der Waals surface area contributed by atoms with Crippen molar-refractivity contribution in [2.75, 3.05) is 5.73 Å². The van der Waals surface area contributed by atoms with Crippen molar-refractivity contribution in [3.05, 3.63) is 29.3 Å². The summed E-state index contributed by atoms with van der Waals surface area (Å²) in [7, 11) is 0. The SMILES string of the molecule is CC(C)c1nn2c(-c3ccccc3N)nnc2s1. The third-order valence-corrected chi connectivity index (χ3v) is 3.90. The molecule has 0 saturated carbocycles. The summed E-state index contributed by atoms with van der Waals surface area (Å²) in [6.45, 7) is 4.23. The monoisotopic (exact) mass is 259 g/mol. The minimum atomic E-state index is 0.387. The first-order valence-electron chi connectivity index (χ1n) is 5.74. The van der Waals surface area contributed by atoms with E-state index in [0.29, 0.717) is 17.4 Å². The number of aromatic nitrogens is 4. The minimum Gasteiger partial charge on any atom is -0.398 e. The van der Waals surface area contributed by atoms with Gasteiger partial charge < -0.3 is 5.73 Å². The summed E-state index contributed by atoms with van der Waals surface area (Å²) in [5.41, 5.74) is 7.52. The molecule has 92 valence electrons. The first-order chi connectivity index (χ1) is 8.66. The van der Waals surface area contributed by atoms with E-state index in [-0.39, 0.29) is 0 Å². The van der Waals surface area contributed by atoms with Gasteiger partial charge in [-0.1, -0.05) is 37.3 Å². The molecule has 6 heteroatoms. The summed E-state index contributed by atoms with van der Waals surface area (Å²) in [6.07, 6.45) is 0. The van der Waals surface area contributed by atoms with E-state index in [1.165, 1.54) is 0 Å². The molecular formula is C12H13N5S. The number of fused-ring (bicyclic) bond motifs is 1. The van der Waals surface area contributed by atoms with Crippen LogP contribution in [0.5, 0.6) is 0 Å². The second-order valence-electron chi connectivity index (χ2n) is 4.40. The molecular weight excluding hydrogens is 246 g/mol. The van der Waals surface area contributed by atoms with Gasteiger partial charge >= 0.3 is 0 Å². The molecule has 0 atom stereocenters. The molecule has 0 unspecified atom stereocenters. The Bertz CT molecular complexity index is 697. The number of rotatable bonds is 2. The van der Waals surface area contributed by atoms with E-state index < -0.39 is 0 Å². The van der Waals surface area contributed by atoms with Crippen molar-refractivity contribution in [2.45, 2.75) is 19.8 Å². The van der Waals surface area contributed by atoms with Crippen LogP contribution in [-0.4, -0.2) is 19.8 Å². The predicted molar refractivity (Wildman–Crippen MR) is 72.6 cm³/mol. The number of nitrogen functional groups attached to an aromatic ring is 1. The van der Waals surface area contributed by atoms with Gasteiger partial charge in [-0.3, -0.25) is 0 Å².